The average molecular weight is 294 g/mol. The molecule has 0 radical (unpaired) electrons. The number of benzene rings is 2. The molecule has 2 aromatic carbocycles. The van der Waals surface area contributed by atoms with Crippen LogP contribution < -0.4 is 0 Å². The SMILES string of the molecule is CCOC(=O)/C(F)=C(\C#Cc1ccccc1)c1ccccc1. The van der Waals surface area contributed by atoms with Gasteiger partial charge in [0.1, 0.15) is 0 Å². The third-order valence-corrected chi connectivity index (χ3v) is 2.84. The Balaban J connectivity index is 2.46. The summed E-state index contributed by atoms with van der Waals surface area (Å²) in [4.78, 5) is 11.6. The molecule has 2 nitrogen and oxygen atoms in total. The molecule has 0 saturated heterocycles. The Morgan fingerprint density at radius 1 is 1.05 bits per heavy atom. The molecule has 2 aromatic rings. The van der Waals surface area contributed by atoms with Crippen LogP contribution in [-0.2, 0) is 9.53 Å². The third-order valence-electron chi connectivity index (χ3n) is 2.84. The molecule has 0 aliphatic carbocycles. The molecule has 0 aromatic heterocycles. The minimum Gasteiger partial charge on any atom is -0.461 e. The second-order valence-corrected chi connectivity index (χ2v) is 4.39. The van der Waals surface area contributed by atoms with Gasteiger partial charge in [-0.25, -0.2) is 4.79 Å². The minimum atomic E-state index is -0.997. The number of hydrogen-bond donors (Lipinski definition) is 0. The summed E-state index contributed by atoms with van der Waals surface area (Å²) in [6.45, 7) is 1.74. The summed E-state index contributed by atoms with van der Waals surface area (Å²) >= 11 is 0. The van der Waals surface area contributed by atoms with Crippen molar-refractivity contribution >= 4 is 11.5 Å². The van der Waals surface area contributed by atoms with E-state index in [0.29, 0.717) is 5.56 Å². The van der Waals surface area contributed by atoms with Crippen LogP contribution >= 0.6 is 0 Å². The molecule has 0 aliphatic heterocycles. The molecule has 0 atom stereocenters. The van der Waals surface area contributed by atoms with Gasteiger partial charge >= 0.3 is 5.97 Å². The fourth-order valence-electron chi connectivity index (χ4n) is 1.81. The van der Waals surface area contributed by atoms with Crippen molar-refractivity contribution in [1.29, 1.82) is 0 Å². The van der Waals surface area contributed by atoms with Gasteiger partial charge in [0.25, 0.3) is 0 Å². The quantitative estimate of drug-likeness (QED) is 0.486. The van der Waals surface area contributed by atoms with E-state index in [4.69, 9.17) is 4.74 Å². The van der Waals surface area contributed by atoms with Crippen LogP contribution in [0.5, 0.6) is 0 Å². The Labute approximate surface area is 129 Å². The van der Waals surface area contributed by atoms with Crippen molar-refractivity contribution in [3.05, 3.63) is 77.6 Å². The lowest BCUT2D eigenvalue weighted by Gasteiger charge is -2.04. The Kier molecular flexibility index (Phi) is 5.50. The third kappa shape index (κ3) is 4.07. The van der Waals surface area contributed by atoms with E-state index in [1.807, 2.05) is 36.4 Å². The highest BCUT2D eigenvalue weighted by Crippen LogP contribution is 2.20. The number of halogens is 1. The molecule has 0 N–H and O–H groups in total. The molecule has 3 heteroatoms. The first-order valence-electron chi connectivity index (χ1n) is 6.91. The van der Waals surface area contributed by atoms with E-state index >= 15 is 0 Å². The summed E-state index contributed by atoms with van der Waals surface area (Å²) in [7, 11) is 0. The first-order chi connectivity index (χ1) is 10.7. The number of allylic oxidation sites excluding steroid dienone is 1. The van der Waals surface area contributed by atoms with E-state index < -0.39 is 11.8 Å². The lowest BCUT2D eigenvalue weighted by molar-refractivity contribution is -0.140. The Hall–Kier alpha value is -2.86. The Morgan fingerprint density at radius 3 is 2.23 bits per heavy atom. The monoisotopic (exact) mass is 294 g/mol. The van der Waals surface area contributed by atoms with Crippen LogP contribution in [-0.4, -0.2) is 12.6 Å². The van der Waals surface area contributed by atoms with Crippen molar-refractivity contribution < 1.29 is 13.9 Å². The van der Waals surface area contributed by atoms with E-state index in [-0.39, 0.29) is 12.2 Å². The first-order valence-corrected chi connectivity index (χ1v) is 6.91. The summed E-state index contributed by atoms with van der Waals surface area (Å²) in [5.74, 6) is 3.64. The largest absolute Gasteiger partial charge is 0.461 e. The zero-order chi connectivity index (χ0) is 15.8. The molecule has 110 valence electrons. The van der Waals surface area contributed by atoms with Crippen LogP contribution in [0.4, 0.5) is 4.39 Å². The van der Waals surface area contributed by atoms with Crippen LogP contribution in [0.15, 0.2) is 66.5 Å². The van der Waals surface area contributed by atoms with E-state index in [1.165, 1.54) is 0 Å². The Bertz CT molecular complexity index is 722. The number of esters is 1. The molecule has 0 fully saturated rings. The maximum Gasteiger partial charge on any atom is 0.368 e. The highest BCUT2D eigenvalue weighted by Gasteiger charge is 2.16. The van der Waals surface area contributed by atoms with Crippen LogP contribution in [0.2, 0.25) is 0 Å². The van der Waals surface area contributed by atoms with Crippen LogP contribution in [0.25, 0.3) is 5.57 Å². The van der Waals surface area contributed by atoms with Gasteiger partial charge in [-0.3, -0.25) is 0 Å². The van der Waals surface area contributed by atoms with Gasteiger partial charge in [0.15, 0.2) is 0 Å². The minimum absolute atomic E-state index is 0.0305. The van der Waals surface area contributed by atoms with Gasteiger partial charge in [-0.2, -0.15) is 4.39 Å². The molecule has 0 aliphatic rings. The molecular weight excluding hydrogens is 279 g/mol. The molecule has 0 unspecified atom stereocenters. The smallest absolute Gasteiger partial charge is 0.368 e. The first kappa shape index (κ1) is 15.5. The van der Waals surface area contributed by atoms with Gasteiger partial charge in [-0.05, 0) is 24.6 Å². The predicted octanol–water partition coefficient (Wildman–Crippen LogP) is 3.98. The van der Waals surface area contributed by atoms with E-state index in [1.54, 1.807) is 31.2 Å². The predicted molar refractivity (Wildman–Crippen MR) is 84.4 cm³/mol. The van der Waals surface area contributed by atoms with Gasteiger partial charge in [-0.1, -0.05) is 60.4 Å². The maximum atomic E-state index is 14.3. The number of hydrogen-bond acceptors (Lipinski definition) is 2. The van der Waals surface area contributed by atoms with Gasteiger partial charge in [0.05, 0.1) is 12.2 Å². The fraction of sp³-hybridized carbons (Fsp3) is 0.105. The number of carbonyl (C=O) groups is 1. The molecule has 0 heterocycles. The summed E-state index contributed by atoms with van der Waals surface area (Å²) in [6.07, 6.45) is 0. The van der Waals surface area contributed by atoms with Crippen molar-refractivity contribution in [3.63, 3.8) is 0 Å². The zero-order valence-electron chi connectivity index (χ0n) is 12.2. The highest BCUT2D eigenvalue weighted by molar-refractivity contribution is 5.99. The van der Waals surface area contributed by atoms with E-state index in [2.05, 4.69) is 11.8 Å². The normalized spacial score (nSPS) is 11.0. The second kappa shape index (κ2) is 7.80. The molecule has 0 bridgehead atoms. The average Bonchev–Trinajstić information content (AvgIpc) is 2.57. The molecule has 0 amide bonds. The summed E-state index contributed by atoms with van der Waals surface area (Å²) < 4.78 is 19.1. The Morgan fingerprint density at radius 2 is 1.64 bits per heavy atom. The van der Waals surface area contributed by atoms with Gasteiger partial charge in [0.2, 0.25) is 5.83 Å². The number of rotatable bonds is 3. The molecule has 0 spiro atoms. The van der Waals surface area contributed by atoms with Gasteiger partial charge < -0.3 is 4.74 Å². The van der Waals surface area contributed by atoms with Gasteiger partial charge in [0, 0.05) is 5.56 Å². The fourth-order valence-corrected chi connectivity index (χ4v) is 1.81. The zero-order valence-corrected chi connectivity index (χ0v) is 12.2. The lowest BCUT2D eigenvalue weighted by atomic mass is 10.0. The summed E-state index contributed by atoms with van der Waals surface area (Å²) in [5.41, 5.74) is 1.31. The van der Waals surface area contributed by atoms with E-state index in [9.17, 15) is 9.18 Å². The highest BCUT2D eigenvalue weighted by atomic mass is 19.1. The van der Waals surface area contributed by atoms with Crippen LogP contribution in [0.3, 0.4) is 0 Å². The van der Waals surface area contributed by atoms with E-state index in [0.717, 1.165) is 5.56 Å². The standard InChI is InChI=1S/C19H15FO2/c1-2-22-19(21)18(20)17(16-11-7-4-8-12-16)14-13-15-9-5-3-6-10-15/h3-12H,2H2,1H3/b18-17-. The van der Waals surface area contributed by atoms with Crippen molar-refractivity contribution in [2.75, 3.05) is 6.61 Å². The van der Waals surface area contributed by atoms with Crippen molar-refractivity contribution in [1.82, 2.24) is 0 Å². The van der Waals surface area contributed by atoms with Crippen LogP contribution in [0.1, 0.15) is 18.1 Å². The number of carbonyl (C=O) groups excluding carboxylic acids is 1. The molecular formula is C19H15FO2. The summed E-state index contributed by atoms with van der Waals surface area (Å²) in [5, 5.41) is 0. The van der Waals surface area contributed by atoms with Crippen molar-refractivity contribution in [2.45, 2.75) is 6.92 Å². The van der Waals surface area contributed by atoms with Crippen molar-refractivity contribution in [2.24, 2.45) is 0 Å². The topological polar surface area (TPSA) is 26.3 Å². The molecule has 22 heavy (non-hydrogen) atoms. The molecule has 2 rings (SSSR count). The number of ether oxygens (including phenoxy) is 1. The van der Waals surface area contributed by atoms with Crippen molar-refractivity contribution in [3.8, 4) is 11.8 Å². The summed E-state index contributed by atoms with van der Waals surface area (Å²) in [6, 6.07) is 17.9. The second-order valence-electron chi connectivity index (χ2n) is 4.39. The lowest BCUT2D eigenvalue weighted by Crippen LogP contribution is -2.06. The van der Waals surface area contributed by atoms with Gasteiger partial charge in [-0.15, -0.1) is 0 Å². The van der Waals surface area contributed by atoms with Crippen LogP contribution in [0, 0.1) is 11.8 Å². The maximum absolute atomic E-state index is 14.3. The molecule has 0 saturated carbocycles.